The van der Waals surface area contributed by atoms with Gasteiger partial charge in [0.05, 0.1) is 10.7 Å². The molecule has 0 bridgehead atoms. The lowest BCUT2D eigenvalue weighted by Gasteiger charge is -2.15. The molecule has 20 heavy (non-hydrogen) atoms. The van der Waals surface area contributed by atoms with Crippen molar-refractivity contribution in [3.05, 3.63) is 51.7 Å². The number of amides is 1. The van der Waals surface area contributed by atoms with Gasteiger partial charge in [0.1, 0.15) is 0 Å². The van der Waals surface area contributed by atoms with E-state index >= 15 is 0 Å². The molecule has 0 aliphatic rings. The summed E-state index contributed by atoms with van der Waals surface area (Å²) >= 11 is 7.69. The van der Waals surface area contributed by atoms with Crippen LogP contribution in [0.15, 0.2) is 41.1 Å². The van der Waals surface area contributed by atoms with Crippen LogP contribution < -0.4 is 5.32 Å². The first-order chi connectivity index (χ1) is 9.65. The largest absolute Gasteiger partial charge is 0.325 e. The van der Waals surface area contributed by atoms with Crippen LogP contribution in [0, 0.1) is 0 Å². The van der Waals surface area contributed by atoms with Gasteiger partial charge >= 0.3 is 0 Å². The molecule has 0 spiro atoms. The maximum absolute atomic E-state index is 11.9. The maximum Gasteiger partial charge on any atom is 0.225 e. The third-order valence-electron chi connectivity index (χ3n) is 2.90. The van der Waals surface area contributed by atoms with Crippen LogP contribution in [0.5, 0.6) is 0 Å². The van der Waals surface area contributed by atoms with E-state index in [1.807, 2.05) is 19.2 Å². The fraction of sp³-hybridized carbons (Fsp3) is 0.267. The van der Waals surface area contributed by atoms with Crippen LogP contribution in [-0.2, 0) is 11.3 Å². The second-order valence-corrected chi connectivity index (χ2v) is 5.83. The number of anilines is 1. The SMILES string of the molecule is CN(CCC(=O)Nc1ccccc1Cl)Cc1ccsc1. The van der Waals surface area contributed by atoms with Crippen LogP contribution in [0.1, 0.15) is 12.0 Å². The highest BCUT2D eigenvalue weighted by Crippen LogP contribution is 2.20. The summed E-state index contributed by atoms with van der Waals surface area (Å²) in [5.74, 6) is -0.0183. The van der Waals surface area contributed by atoms with E-state index in [9.17, 15) is 4.79 Å². The Balaban J connectivity index is 1.76. The molecule has 1 aromatic carbocycles. The van der Waals surface area contributed by atoms with Crippen molar-refractivity contribution in [2.24, 2.45) is 0 Å². The summed E-state index contributed by atoms with van der Waals surface area (Å²) in [4.78, 5) is 14.0. The highest BCUT2D eigenvalue weighted by Gasteiger charge is 2.07. The minimum atomic E-state index is -0.0183. The fourth-order valence-electron chi connectivity index (χ4n) is 1.84. The molecule has 0 aliphatic carbocycles. The summed E-state index contributed by atoms with van der Waals surface area (Å²) in [6.07, 6.45) is 0.450. The van der Waals surface area contributed by atoms with Crippen molar-refractivity contribution >= 4 is 34.5 Å². The highest BCUT2D eigenvalue weighted by molar-refractivity contribution is 7.07. The molecule has 2 aromatic rings. The number of benzene rings is 1. The lowest BCUT2D eigenvalue weighted by Crippen LogP contribution is -2.23. The van der Waals surface area contributed by atoms with Crippen molar-refractivity contribution in [2.75, 3.05) is 18.9 Å². The van der Waals surface area contributed by atoms with Gasteiger partial charge in [-0.1, -0.05) is 23.7 Å². The first-order valence-corrected chi connectivity index (χ1v) is 7.71. The van der Waals surface area contributed by atoms with Gasteiger partial charge in [0, 0.05) is 19.5 Å². The Labute approximate surface area is 128 Å². The van der Waals surface area contributed by atoms with Gasteiger partial charge in [0.25, 0.3) is 0 Å². The number of nitrogens with one attached hydrogen (secondary N) is 1. The van der Waals surface area contributed by atoms with Gasteiger partial charge < -0.3 is 10.2 Å². The van der Waals surface area contributed by atoms with E-state index in [0.29, 0.717) is 23.7 Å². The van der Waals surface area contributed by atoms with Gasteiger partial charge in [-0.15, -0.1) is 0 Å². The zero-order chi connectivity index (χ0) is 14.4. The number of para-hydroxylation sites is 1. The van der Waals surface area contributed by atoms with Gasteiger partial charge in [-0.2, -0.15) is 11.3 Å². The summed E-state index contributed by atoms with van der Waals surface area (Å²) in [6, 6.07) is 9.36. The van der Waals surface area contributed by atoms with Crippen molar-refractivity contribution in [2.45, 2.75) is 13.0 Å². The lowest BCUT2D eigenvalue weighted by atomic mass is 10.3. The Morgan fingerprint density at radius 2 is 2.15 bits per heavy atom. The van der Waals surface area contributed by atoms with Gasteiger partial charge in [-0.3, -0.25) is 4.79 Å². The highest BCUT2D eigenvalue weighted by atomic mass is 35.5. The molecule has 1 heterocycles. The Morgan fingerprint density at radius 3 is 2.85 bits per heavy atom. The smallest absolute Gasteiger partial charge is 0.225 e. The van der Waals surface area contributed by atoms with Gasteiger partial charge in [0.2, 0.25) is 5.91 Å². The Kier molecular flexibility index (Phi) is 5.59. The first kappa shape index (κ1) is 15.0. The van der Waals surface area contributed by atoms with Crippen molar-refractivity contribution in [3.63, 3.8) is 0 Å². The molecule has 0 atom stereocenters. The number of thiophene rings is 1. The van der Waals surface area contributed by atoms with E-state index in [2.05, 4.69) is 27.0 Å². The summed E-state index contributed by atoms with van der Waals surface area (Å²) in [5, 5.41) is 7.58. The van der Waals surface area contributed by atoms with Crippen molar-refractivity contribution in [1.29, 1.82) is 0 Å². The predicted molar refractivity (Wildman–Crippen MR) is 85.4 cm³/mol. The number of hydrogen-bond acceptors (Lipinski definition) is 3. The van der Waals surface area contributed by atoms with E-state index in [1.54, 1.807) is 23.5 Å². The molecule has 0 fully saturated rings. The first-order valence-electron chi connectivity index (χ1n) is 6.39. The molecule has 1 N–H and O–H groups in total. The van der Waals surface area contributed by atoms with E-state index < -0.39 is 0 Å². The number of carbonyl (C=O) groups is 1. The van der Waals surface area contributed by atoms with Gasteiger partial charge in [0.15, 0.2) is 0 Å². The molecule has 5 heteroatoms. The number of carbonyl (C=O) groups excluding carboxylic acids is 1. The fourth-order valence-corrected chi connectivity index (χ4v) is 2.68. The third kappa shape index (κ3) is 4.63. The van der Waals surface area contributed by atoms with Crippen LogP contribution in [0.2, 0.25) is 5.02 Å². The third-order valence-corrected chi connectivity index (χ3v) is 3.96. The maximum atomic E-state index is 11.9. The number of hydrogen-bond donors (Lipinski definition) is 1. The van der Waals surface area contributed by atoms with Crippen molar-refractivity contribution in [1.82, 2.24) is 4.90 Å². The molecule has 3 nitrogen and oxygen atoms in total. The Hall–Kier alpha value is -1.36. The molecule has 0 saturated carbocycles. The number of nitrogens with zero attached hydrogens (tertiary/aromatic N) is 1. The lowest BCUT2D eigenvalue weighted by molar-refractivity contribution is -0.116. The summed E-state index contributed by atoms with van der Waals surface area (Å²) in [5.41, 5.74) is 1.95. The average molecular weight is 309 g/mol. The molecule has 106 valence electrons. The van der Waals surface area contributed by atoms with Crippen LogP contribution >= 0.6 is 22.9 Å². The molecule has 1 aromatic heterocycles. The standard InChI is InChI=1S/C15H17ClN2OS/c1-18(10-12-7-9-20-11-12)8-6-15(19)17-14-5-3-2-4-13(14)16/h2-5,7,9,11H,6,8,10H2,1H3,(H,17,19). The van der Waals surface area contributed by atoms with E-state index in [0.717, 1.165) is 6.54 Å². The van der Waals surface area contributed by atoms with Crippen LogP contribution in [0.25, 0.3) is 0 Å². The summed E-state index contributed by atoms with van der Waals surface area (Å²) < 4.78 is 0. The monoisotopic (exact) mass is 308 g/mol. The Morgan fingerprint density at radius 1 is 1.35 bits per heavy atom. The molecule has 0 unspecified atom stereocenters. The average Bonchev–Trinajstić information content (AvgIpc) is 2.92. The molecule has 0 aliphatic heterocycles. The topological polar surface area (TPSA) is 32.3 Å². The van der Waals surface area contributed by atoms with Crippen LogP contribution in [0.3, 0.4) is 0 Å². The molecular formula is C15H17ClN2OS. The van der Waals surface area contributed by atoms with E-state index in [4.69, 9.17) is 11.6 Å². The zero-order valence-corrected chi connectivity index (χ0v) is 12.9. The molecule has 0 radical (unpaired) electrons. The second kappa shape index (κ2) is 7.43. The molecule has 1 amide bonds. The van der Waals surface area contributed by atoms with Gasteiger partial charge in [-0.25, -0.2) is 0 Å². The quantitative estimate of drug-likeness (QED) is 0.879. The Bertz CT molecular complexity index is 557. The molecule has 2 rings (SSSR count). The van der Waals surface area contributed by atoms with Crippen molar-refractivity contribution in [3.8, 4) is 0 Å². The van der Waals surface area contributed by atoms with Crippen molar-refractivity contribution < 1.29 is 4.79 Å². The minimum absolute atomic E-state index is 0.0183. The summed E-state index contributed by atoms with van der Waals surface area (Å²) in [6.45, 7) is 1.58. The zero-order valence-electron chi connectivity index (χ0n) is 11.3. The van der Waals surface area contributed by atoms with Gasteiger partial charge in [-0.05, 0) is 41.6 Å². The predicted octanol–water partition coefficient (Wildman–Crippen LogP) is 3.86. The van der Waals surface area contributed by atoms with Crippen LogP contribution in [-0.4, -0.2) is 24.4 Å². The van der Waals surface area contributed by atoms with Crippen LogP contribution in [0.4, 0.5) is 5.69 Å². The van der Waals surface area contributed by atoms with E-state index in [1.165, 1.54) is 5.56 Å². The minimum Gasteiger partial charge on any atom is -0.325 e. The number of rotatable bonds is 6. The molecule has 0 saturated heterocycles. The number of halogens is 1. The van der Waals surface area contributed by atoms with E-state index in [-0.39, 0.29) is 5.91 Å². The molecular weight excluding hydrogens is 292 g/mol. The normalized spacial score (nSPS) is 10.8. The second-order valence-electron chi connectivity index (χ2n) is 4.65. The summed E-state index contributed by atoms with van der Waals surface area (Å²) in [7, 11) is 2.01.